The molecule has 0 bridgehead atoms. The molecule has 1 rings (SSSR count). The lowest BCUT2D eigenvalue weighted by Crippen LogP contribution is -1.87. The maximum Gasteiger partial charge on any atom is 0.146 e. The number of nitriles is 1. The largest absolute Gasteiger partial charge is 0.196 e. The third-order valence-electron chi connectivity index (χ3n) is 1.35. The van der Waals surface area contributed by atoms with Gasteiger partial charge in [-0.3, -0.25) is 0 Å². The summed E-state index contributed by atoms with van der Waals surface area (Å²) in [6.07, 6.45) is 0. The lowest BCUT2D eigenvalue weighted by atomic mass is 10.2. The summed E-state index contributed by atoms with van der Waals surface area (Å²) in [5.41, 5.74) is 0.588. The van der Waals surface area contributed by atoms with Gasteiger partial charge in [0.1, 0.15) is 5.38 Å². The molecule has 0 amide bonds. The Kier molecular flexibility index (Phi) is 3.22. The van der Waals surface area contributed by atoms with Crippen LogP contribution >= 0.6 is 34.8 Å². The molecule has 4 heteroatoms. The molecule has 62 valence electrons. The Balaban J connectivity index is 3.11. The quantitative estimate of drug-likeness (QED) is 0.661. The van der Waals surface area contributed by atoms with Crippen LogP contribution in [0.3, 0.4) is 0 Å². The molecule has 0 fully saturated rings. The van der Waals surface area contributed by atoms with Gasteiger partial charge < -0.3 is 0 Å². The van der Waals surface area contributed by atoms with Gasteiger partial charge in [-0.2, -0.15) is 5.26 Å². The summed E-state index contributed by atoms with van der Waals surface area (Å²) in [5.74, 6) is 0. The molecule has 0 heterocycles. The topological polar surface area (TPSA) is 23.8 Å². The van der Waals surface area contributed by atoms with Crippen LogP contribution in [0.2, 0.25) is 10.0 Å². The highest BCUT2D eigenvalue weighted by Gasteiger charge is 2.10. The van der Waals surface area contributed by atoms with Crippen molar-refractivity contribution in [2.45, 2.75) is 5.38 Å². The second kappa shape index (κ2) is 4.00. The summed E-state index contributed by atoms with van der Waals surface area (Å²) >= 11 is 17.1. The minimum absolute atomic E-state index is 0.420. The molecule has 1 nitrogen and oxygen atoms in total. The van der Waals surface area contributed by atoms with Gasteiger partial charge in [0.25, 0.3) is 0 Å². The average Bonchev–Trinajstić information content (AvgIpc) is 2.03. The third-order valence-corrected chi connectivity index (χ3v) is 2.24. The van der Waals surface area contributed by atoms with Crippen LogP contribution in [0.4, 0.5) is 0 Å². The van der Waals surface area contributed by atoms with Gasteiger partial charge in [0.05, 0.1) is 6.07 Å². The van der Waals surface area contributed by atoms with Crippen LogP contribution in [0.25, 0.3) is 0 Å². The van der Waals surface area contributed by atoms with Gasteiger partial charge in [-0.1, -0.05) is 29.3 Å². The fourth-order valence-corrected chi connectivity index (χ4v) is 1.54. The van der Waals surface area contributed by atoms with Gasteiger partial charge in [-0.25, -0.2) is 0 Å². The van der Waals surface area contributed by atoms with Gasteiger partial charge >= 0.3 is 0 Å². The van der Waals surface area contributed by atoms with Crippen molar-refractivity contribution < 1.29 is 0 Å². The molecular weight excluding hydrogens is 216 g/mol. The van der Waals surface area contributed by atoms with Crippen LogP contribution in [-0.4, -0.2) is 0 Å². The standard InChI is InChI=1S/C8H4Cl3N/c9-5-1-2-6(7(10)3-5)8(11)4-12/h1-3,8H/t8-/m0/s1. The zero-order valence-corrected chi connectivity index (χ0v) is 8.16. The number of nitrogens with zero attached hydrogens (tertiary/aromatic N) is 1. The van der Waals surface area contributed by atoms with Gasteiger partial charge in [-0.15, -0.1) is 11.6 Å². The summed E-state index contributed by atoms with van der Waals surface area (Å²) in [6.45, 7) is 0. The van der Waals surface area contributed by atoms with E-state index in [0.29, 0.717) is 15.6 Å². The number of rotatable bonds is 1. The molecule has 1 aromatic carbocycles. The molecule has 0 saturated heterocycles. The van der Waals surface area contributed by atoms with E-state index in [4.69, 9.17) is 40.1 Å². The molecule has 1 atom stereocenters. The van der Waals surface area contributed by atoms with E-state index < -0.39 is 5.38 Å². The van der Waals surface area contributed by atoms with Gasteiger partial charge in [0, 0.05) is 15.6 Å². The minimum Gasteiger partial charge on any atom is -0.196 e. The highest BCUT2D eigenvalue weighted by atomic mass is 35.5. The zero-order chi connectivity index (χ0) is 9.14. The summed E-state index contributed by atoms with van der Waals surface area (Å²) < 4.78 is 0. The SMILES string of the molecule is N#C[C@H](Cl)c1ccc(Cl)cc1Cl. The van der Waals surface area contributed by atoms with Crippen LogP contribution in [0.15, 0.2) is 18.2 Å². The second-order valence-electron chi connectivity index (χ2n) is 2.16. The van der Waals surface area contributed by atoms with Crippen molar-refractivity contribution in [3.05, 3.63) is 33.8 Å². The highest BCUT2D eigenvalue weighted by molar-refractivity contribution is 6.36. The van der Waals surface area contributed by atoms with E-state index in [2.05, 4.69) is 0 Å². The summed E-state index contributed by atoms with van der Waals surface area (Å²) in [4.78, 5) is 0. The fourth-order valence-electron chi connectivity index (χ4n) is 0.777. The van der Waals surface area contributed by atoms with E-state index in [1.807, 2.05) is 6.07 Å². The third kappa shape index (κ3) is 2.04. The van der Waals surface area contributed by atoms with Crippen molar-refractivity contribution in [1.82, 2.24) is 0 Å². The maximum atomic E-state index is 8.51. The molecule has 0 aliphatic rings. The van der Waals surface area contributed by atoms with E-state index in [0.717, 1.165) is 0 Å². The molecule has 0 radical (unpaired) electrons. The summed E-state index contributed by atoms with van der Waals surface area (Å²) in [5, 5.41) is 8.75. The van der Waals surface area contributed by atoms with Gasteiger partial charge in [0.15, 0.2) is 0 Å². The van der Waals surface area contributed by atoms with Crippen molar-refractivity contribution in [3.63, 3.8) is 0 Å². The average molecular weight is 220 g/mol. The lowest BCUT2D eigenvalue weighted by molar-refractivity contribution is 1.21. The van der Waals surface area contributed by atoms with Crippen molar-refractivity contribution >= 4 is 34.8 Å². The van der Waals surface area contributed by atoms with Crippen molar-refractivity contribution in [3.8, 4) is 6.07 Å². The Hall–Kier alpha value is -0.420. The summed E-state index contributed by atoms with van der Waals surface area (Å²) in [6, 6.07) is 6.73. The second-order valence-corrected chi connectivity index (χ2v) is 3.44. The van der Waals surface area contributed by atoms with E-state index in [1.54, 1.807) is 18.2 Å². The molecular formula is C8H4Cl3N. The first kappa shape index (κ1) is 9.67. The number of halogens is 3. The Morgan fingerprint density at radius 2 is 2.00 bits per heavy atom. The molecule has 1 aromatic rings. The Morgan fingerprint density at radius 3 is 2.50 bits per heavy atom. The fraction of sp³-hybridized carbons (Fsp3) is 0.125. The molecule has 0 spiro atoms. The van der Waals surface area contributed by atoms with Crippen LogP contribution in [0, 0.1) is 11.3 Å². The van der Waals surface area contributed by atoms with Crippen molar-refractivity contribution in [2.75, 3.05) is 0 Å². The van der Waals surface area contributed by atoms with E-state index in [1.165, 1.54) is 0 Å². The molecule has 0 saturated carbocycles. The first-order valence-corrected chi connectivity index (χ1v) is 4.33. The lowest BCUT2D eigenvalue weighted by Gasteiger charge is -2.03. The molecule has 0 aliphatic carbocycles. The molecule has 0 aromatic heterocycles. The predicted octanol–water partition coefficient (Wildman–Crippen LogP) is 3.80. The van der Waals surface area contributed by atoms with Gasteiger partial charge in [0.2, 0.25) is 0 Å². The highest BCUT2D eigenvalue weighted by Crippen LogP contribution is 2.29. The van der Waals surface area contributed by atoms with E-state index >= 15 is 0 Å². The zero-order valence-electron chi connectivity index (χ0n) is 5.89. The normalized spacial score (nSPS) is 12.2. The maximum absolute atomic E-state index is 8.51. The van der Waals surface area contributed by atoms with Crippen molar-refractivity contribution in [2.24, 2.45) is 0 Å². The number of hydrogen-bond donors (Lipinski definition) is 0. The number of benzene rings is 1. The minimum atomic E-state index is -0.713. The van der Waals surface area contributed by atoms with Crippen LogP contribution in [0.1, 0.15) is 10.9 Å². The van der Waals surface area contributed by atoms with Gasteiger partial charge in [-0.05, 0) is 12.1 Å². The Morgan fingerprint density at radius 1 is 1.33 bits per heavy atom. The smallest absolute Gasteiger partial charge is 0.146 e. The van der Waals surface area contributed by atoms with E-state index in [-0.39, 0.29) is 0 Å². The van der Waals surface area contributed by atoms with E-state index in [9.17, 15) is 0 Å². The molecule has 12 heavy (non-hydrogen) atoms. The molecule has 0 unspecified atom stereocenters. The number of hydrogen-bond acceptors (Lipinski definition) is 1. The van der Waals surface area contributed by atoms with Crippen LogP contribution < -0.4 is 0 Å². The monoisotopic (exact) mass is 219 g/mol. The predicted molar refractivity (Wildman–Crippen MR) is 50.7 cm³/mol. The molecule has 0 aliphatic heterocycles. The molecule has 0 N–H and O–H groups in total. The summed E-state index contributed by atoms with van der Waals surface area (Å²) in [7, 11) is 0. The first-order valence-electron chi connectivity index (χ1n) is 3.14. The first-order chi connectivity index (χ1) is 5.65. The van der Waals surface area contributed by atoms with Crippen LogP contribution in [0.5, 0.6) is 0 Å². The van der Waals surface area contributed by atoms with Crippen molar-refractivity contribution in [1.29, 1.82) is 5.26 Å². The Bertz CT molecular complexity index is 330. The number of alkyl halides is 1. The Labute approximate surface area is 85.5 Å². The van der Waals surface area contributed by atoms with Crippen LogP contribution in [-0.2, 0) is 0 Å².